The lowest BCUT2D eigenvalue weighted by Crippen LogP contribution is -2.47. The van der Waals surface area contributed by atoms with Crippen LogP contribution in [0.5, 0.6) is 11.5 Å². The number of guanidine groups is 1. The molecule has 1 aromatic carbocycles. The molecule has 0 saturated carbocycles. The van der Waals surface area contributed by atoms with Gasteiger partial charge in [0.2, 0.25) is 5.91 Å². The first kappa shape index (κ1) is 20.9. The molecule has 1 heterocycles. The van der Waals surface area contributed by atoms with Crippen LogP contribution in [-0.4, -0.2) is 45.2 Å². The Balaban J connectivity index is 2.04. The molecule has 1 amide bonds. The maximum absolute atomic E-state index is 11.9. The third kappa shape index (κ3) is 5.28. The molecule has 0 aromatic heterocycles. The lowest BCUT2D eigenvalue weighted by atomic mass is 9.92. The first-order valence-corrected chi connectivity index (χ1v) is 9.42. The largest absolute Gasteiger partial charge is 0.494 e. The van der Waals surface area contributed by atoms with Crippen molar-refractivity contribution in [2.24, 2.45) is 10.4 Å². The van der Waals surface area contributed by atoms with Gasteiger partial charge in [-0.15, -0.1) is 0 Å². The summed E-state index contributed by atoms with van der Waals surface area (Å²) < 4.78 is 11.7. The highest BCUT2D eigenvalue weighted by Gasteiger charge is 2.27. The second-order valence-electron chi connectivity index (χ2n) is 7.38. The Bertz CT molecular complexity index is 701. The molecule has 1 aromatic rings. The molecule has 1 aliphatic heterocycles. The zero-order valence-corrected chi connectivity index (χ0v) is 17.2. The van der Waals surface area contributed by atoms with E-state index in [-0.39, 0.29) is 12.0 Å². The summed E-state index contributed by atoms with van der Waals surface area (Å²) in [6.45, 7) is 9.44. The molecule has 1 unspecified atom stereocenters. The third-order valence-corrected chi connectivity index (χ3v) is 4.59. The predicted octanol–water partition coefficient (Wildman–Crippen LogP) is 1.85. The molecule has 0 spiro atoms. The second-order valence-corrected chi connectivity index (χ2v) is 7.38. The zero-order valence-electron chi connectivity index (χ0n) is 17.2. The van der Waals surface area contributed by atoms with Gasteiger partial charge in [0, 0.05) is 44.7 Å². The average molecular weight is 377 g/mol. The number of hydrogen-bond acceptors (Lipinski definition) is 4. The predicted molar refractivity (Wildman–Crippen MR) is 107 cm³/mol. The van der Waals surface area contributed by atoms with Crippen molar-refractivity contribution in [2.75, 3.05) is 27.2 Å². The van der Waals surface area contributed by atoms with Gasteiger partial charge in [-0.1, -0.05) is 0 Å². The van der Waals surface area contributed by atoms with E-state index in [2.05, 4.69) is 33.9 Å². The fourth-order valence-electron chi connectivity index (χ4n) is 3.03. The average Bonchev–Trinajstić information content (AvgIpc) is 3.00. The van der Waals surface area contributed by atoms with Crippen LogP contribution in [0.3, 0.4) is 0 Å². The van der Waals surface area contributed by atoms with Gasteiger partial charge in [0.25, 0.3) is 0 Å². The van der Waals surface area contributed by atoms with Crippen molar-refractivity contribution in [3.8, 4) is 11.5 Å². The Kier molecular flexibility index (Phi) is 6.93. The molecule has 0 fully saturated rings. The molecule has 1 atom stereocenters. The maximum Gasteiger partial charge on any atom is 0.227 e. The topological polar surface area (TPSA) is 84.0 Å². The standard InChI is InChI=1S/C20H32N4O3/c1-7-26-16-9-14-8-13(2)27-17(14)10-15(16)11-23-19(22-6)24-12-20(3,4)18(25)21-5/h9-10,13H,7-8,11-12H2,1-6H3,(H,21,25)(H2,22,23,24). The van der Waals surface area contributed by atoms with Gasteiger partial charge in [0.05, 0.1) is 12.0 Å². The minimum absolute atomic E-state index is 0.0195. The number of nitrogens with one attached hydrogen (secondary N) is 3. The molecule has 7 heteroatoms. The van der Waals surface area contributed by atoms with Crippen LogP contribution in [0, 0.1) is 5.41 Å². The van der Waals surface area contributed by atoms with Crippen LogP contribution < -0.4 is 25.4 Å². The van der Waals surface area contributed by atoms with Crippen LogP contribution in [0.1, 0.15) is 38.8 Å². The minimum Gasteiger partial charge on any atom is -0.494 e. The fraction of sp³-hybridized carbons (Fsp3) is 0.600. The Labute approximate surface area is 161 Å². The molecule has 0 aliphatic carbocycles. The van der Waals surface area contributed by atoms with E-state index < -0.39 is 5.41 Å². The molecular formula is C20H32N4O3. The molecular weight excluding hydrogens is 344 g/mol. The highest BCUT2D eigenvalue weighted by molar-refractivity contribution is 5.84. The Morgan fingerprint density at radius 3 is 2.74 bits per heavy atom. The molecule has 1 aliphatic rings. The summed E-state index contributed by atoms with van der Waals surface area (Å²) in [6, 6.07) is 4.11. The highest BCUT2D eigenvalue weighted by Crippen LogP contribution is 2.35. The Morgan fingerprint density at radius 2 is 2.11 bits per heavy atom. The van der Waals surface area contributed by atoms with Gasteiger partial charge in [-0.2, -0.15) is 0 Å². The molecule has 2 rings (SSSR count). The van der Waals surface area contributed by atoms with Crippen molar-refractivity contribution in [3.05, 3.63) is 23.3 Å². The van der Waals surface area contributed by atoms with Crippen molar-refractivity contribution >= 4 is 11.9 Å². The maximum atomic E-state index is 11.9. The van der Waals surface area contributed by atoms with Crippen LogP contribution in [-0.2, 0) is 17.8 Å². The number of ether oxygens (including phenoxy) is 2. The smallest absolute Gasteiger partial charge is 0.227 e. The van der Waals surface area contributed by atoms with E-state index in [4.69, 9.17) is 9.47 Å². The number of carbonyl (C=O) groups is 1. The first-order valence-electron chi connectivity index (χ1n) is 9.42. The summed E-state index contributed by atoms with van der Waals surface area (Å²) in [7, 11) is 3.35. The Hall–Kier alpha value is -2.44. The molecule has 3 N–H and O–H groups in total. The van der Waals surface area contributed by atoms with E-state index in [9.17, 15) is 4.79 Å². The van der Waals surface area contributed by atoms with Crippen molar-refractivity contribution in [3.63, 3.8) is 0 Å². The van der Waals surface area contributed by atoms with Crippen molar-refractivity contribution < 1.29 is 14.3 Å². The number of benzene rings is 1. The highest BCUT2D eigenvalue weighted by atomic mass is 16.5. The van der Waals surface area contributed by atoms with Gasteiger partial charge < -0.3 is 25.4 Å². The minimum atomic E-state index is -0.541. The van der Waals surface area contributed by atoms with E-state index in [0.717, 1.165) is 23.5 Å². The van der Waals surface area contributed by atoms with Crippen molar-refractivity contribution in [1.82, 2.24) is 16.0 Å². The monoisotopic (exact) mass is 376 g/mol. The van der Waals surface area contributed by atoms with Gasteiger partial charge in [0.15, 0.2) is 5.96 Å². The third-order valence-electron chi connectivity index (χ3n) is 4.59. The van der Waals surface area contributed by atoms with Gasteiger partial charge in [-0.05, 0) is 39.8 Å². The summed E-state index contributed by atoms with van der Waals surface area (Å²) in [5.74, 6) is 2.40. The number of amides is 1. The van der Waals surface area contributed by atoms with Crippen LogP contribution >= 0.6 is 0 Å². The van der Waals surface area contributed by atoms with Gasteiger partial charge in [-0.3, -0.25) is 9.79 Å². The van der Waals surface area contributed by atoms with E-state index in [1.165, 1.54) is 5.56 Å². The molecule has 0 radical (unpaired) electrons. The molecule has 0 bridgehead atoms. The number of nitrogens with zero attached hydrogens (tertiary/aromatic N) is 1. The number of carbonyl (C=O) groups excluding carboxylic acids is 1. The summed E-state index contributed by atoms with van der Waals surface area (Å²) in [4.78, 5) is 16.2. The Morgan fingerprint density at radius 1 is 1.37 bits per heavy atom. The zero-order chi connectivity index (χ0) is 20.0. The number of rotatable bonds is 7. The van der Waals surface area contributed by atoms with Gasteiger partial charge in [-0.25, -0.2) is 0 Å². The molecule has 0 saturated heterocycles. The normalized spacial score (nSPS) is 16.4. The van der Waals surface area contributed by atoms with Crippen LogP contribution in [0.4, 0.5) is 0 Å². The van der Waals surface area contributed by atoms with Crippen LogP contribution in [0.25, 0.3) is 0 Å². The molecule has 150 valence electrons. The van der Waals surface area contributed by atoms with E-state index in [1.54, 1.807) is 14.1 Å². The quantitative estimate of drug-likeness (QED) is 0.500. The molecule has 27 heavy (non-hydrogen) atoms. The summed E-state index contributed by atoms with van der Waals surface area (Å²) in [5.41, 5.74) is 1.66. The van der Waals surface area contributed by atoms with E-state index >= 15 is 0 Å². The van der Waals surface area contributed by atoms with E-state index in [0.29, 0.717) is 25.7 Å². The van der Waals surface area contributed by atoms with Crippen molar-refractivity contribution in [1.29, 1.82) is 0 Å². The summed E-state index contributed by atoms with van der Waals surface area (Å²) >= 11 is 0. The number of fused-ring (bicyclic) bond motifs is 1. The van der Waals surface area contributed by atoms with E-state index in [1.807, 2.05) is 26.8 Å². The summed E-state index contributed by atoms with van der Waals surface area (Å²) in [6.07, 6.45) is 1.10. The SMILES string of the molecule is CCOc1cc2c(cc1CNC(=NC)NCC(C)(C)C(=O)NC)OC(C)C2. The van der Waals surface area contributed by atoms with Crippen LogP contribution in [0.15, 0.2) is 17.1 Å². The van der Waals surface area contributed by atoms with Gasteiger partial charge in [0.1, 0.15) is 17.6 Å². The van der Waals surface area contributed by atoms with Crippen molar-refractivity contribution in [2.45, 2.75) is 46.8 Å². The lowest BCUT2D eigenvalue weighted by molar-refractivity contribution is -0.128. The molecule has 7 nitrogen and oxygen atoms in total. The fourth-order valence-corrected chi connectivity index (χ4v) is 3.03. The van der Waals surface area contributed by atoms with Gasteiger partial charge >= 0.3 is 0 Å². The summed E-state index contributed by atoms with van der Waals surface area (Å²) in [5, 5.41) is 9.18. The lowest BCUT2D eigenvalue weighted by Gasteiger charge is -2.24. The second kappa shape index (κ2) is 8.97. The first-order chi connectivity index (χ1) is 12.8. The number of aliphatic imine (C=N–C) groups is 1. The number of hydrogen-bond donors (Lipinski definition) is 3. The van der Waals surface area contributed by atoms with Crippen LogP contribution in [0.2, 0.25) is 0 Å².